The molecular formula is C12H20N5O4P. The minimum absolute atomic E-state index is 0.290. The number of imidazole rings is 1. The van der Waals surface area contributed by atoms with Crippen LogP contribution in [-0.2, 0) is 13.6 Å². The third-order valence-electron chi connectivity index (χ3n) is 2.79. The second kappa shape index (κ2) is 7.53. The van der Waals surface area contributed by atoms with Crippen LogP contribution in [0.3, 0.4) is 0 Å². The van der Waals surface area contributed by atoms with Gasteiger partial charge in [0.2, 0.25) is 5.65 Å². The summed E-state index contributed by atoms with van der Waals surface area (Å²) < 4.78 is 24.1. The number of aromatic nitrogens is 4. The van der Waals surface area contributed by atoms with Crippen LogP contribution >= 0.6 is 7.60 Å². The summed E-state index contributed by atoms with van der Waals surface area (Å²) >= 11 is 0. The molecule has 0 atom stereocenters. The minimum Gasteiger partial charge on any atom is -0.411 e. The first-order chi connectivity index (χ1) is 10.6. The third kappa shape index (κ3) is 3.94. The molecular weight excluding hydrogens is 309 g/mol. The summed E-state index contributed by atoms with van der Waals surface area (Å²) in [5.41, 5.74) is 6.67. The highest BCUT2D eigenvalue weighted by Gasteiger charge is 2.22. The van der Waals surface area contributed by atoms with Gasteiger partial charge in [0.05, 0.1) is 19.4 Å². The summed E-state index contributed by atoms with van der Waals surface area (Å²) in [6.07, 6.45) is 3.62. The van der Waals surface area contributed by atoms with Gasteiger partial charge in [0.15, 0.2) is 11.3 Å². The zero-order valence-electron chi connectivity index (χ0n) is 12.6. The molecule has 22 heavy (non-hydrogen) atoms. The molecule has 0 spiro atoms. The average molecular weight is 329 g/mol. The molecule has 9 nitrogen and oxygen atoms in total. The molecule has 122 valence electrons. The van der Waals surface area contributed by atoms with Gasteiger partial charge in [-0.1, -0.05) is 0 Å². The molecule has 10 heteroatoms. The van der Waals surface area contributed by atoms with E-state index in [9.17, 15) is 4.57 Å². The summed E-state index contributed by atoms with van der Waals surface area (Å²) in [5.74, 6) is 0.296. The molecule has 2 aromatic heterocycles. The number of anilines is 1. The highest BCUT2D eigenvalue weighted by molar-refractivity contribution is 7.53. The second-order valence-electron chi connectivity index (χ2n) is 4.36. The lowest BCUT2D eigenvalue weighted by Crippen LogP contribution is -2.14. The van der Waals surface area contributed by atoms with E-state index in [1.54, 1.807) is 13.8 Å². The molecule has 2 rings (SSSR count). The molecule has 0 saturated heterocycles. The second-order valence-corrected chi connectivity index (χ2v) is 6.54. The van der Waals surface area contributed by atoms with Crippen LogP contribution in [0, 0.1) is 0 Å². The molecule has 0 unspecified atom stereocenters. The Morgan fingerprint density at radius 1 is 1.23 bits per heavy atom. The van der Waals surface area contributed by atoms with Gasteiger partial charge in [0, 0.05) is 0 Å². The fourth-order valence-electron chi connectivity index (χ4n) is 1.91. The maximum atomic E-state index is 12.3. The van der Waals surface area contributed by atoms with Crippen LogP contribution < -0.4 is 10.6 Å². The number of nitrogens with zero attached hydrogens (tertiary/aromatic N) is 4. The average Bonchev–Trinajstić information content (AvgIpc) is 2.89. The first-order valence-corrected chi connectivity index (χ1v) is 8.77. The first kappa shape index (κ1) is 16.7. The Hall–Kier alpha value is -1.70. The number of rotatable bonds is 9. The smallest absolute Gasteiger partial charge is 0.330 e. The van der Waals surface area contributed by atoms with Crippen molar-refractivity contribution >= 4 is 24.6 Å². The molecule has 0 saturated carbocycles. The van der Waals surface area contributed by atoms with Gasteiger partial charge in [-0.25, -0.2) is 15.0 Å². The van der Waals surface area contributed by atoms with E-state index in [-0.39, 0.29) is 0 Å². The Balaban J connectivity index is 1.90. The van der Waals surface area contributed by atoms with E-state index < -0.39 is 7.60 Å². The molecule has 0 aliphatic rings. The summed E-state index contributed by atoms with van der Waals surface area (Å²) in [6, 6.07) is 0. The largest absolute Gasteiger partial charge is 0.411 e. The van der Waals surface area contributed by atoms with Crippen LogP contribution in [0.5, 0.6) is 0 Å². The van der Waals surface area contributed by atoms with E-state index in [4.69, 9.17) is 19.6 Å². The summed E-state index contributed by atoms with van der Waals surface area (Å²) in [4.78, 5) is 17.6. The molecule has 0 bridgehead atoms. The molecule has 0 radical (unpaired) electrons. The molecule has 2 N–H and O–H groups in total. The minimum atomic E-state index is -3.03. The van der Waals surface area contributed by atoms with Gasteiger partial charge in [-0.2, -0.15) is 4.73 Å². The number of nitrogens with two attached hydrogens (primary N) is 1. The highest BCUT2D eigenvalue weighted by Crippen LogP contribution is 2.48. The van der Waals surface area contributed by atoms with E-state index in [1.807, 2.05) is 0 Å². The van der Waals surface area contributed by atoms with Gasteiger partial charge in [0.1, 0.15) is 19.3 Å². The van der Waals surface area contributed by atoms with Crippen LogP contribution in [-0.4, -0.2) is 45.7 Å². The number of hydrogen-bond acceptors (Lipinski definition) is 8. The van der Waals surface area contributed by atoms with Gasteiger partial charge in [-0.05, 0) is 20.3 Å². The van der Waals surface area contributed by atoms with E-state index in [0.717, 1.165) is 0 Å². The van der Waals surface area contributed by atoms with Crippen LogP contribution in [0.4, 0.5) is 5.82 Å². The van der Waals surface area contributed by atoms with Crippen molar-refractivity contribution in [3.05, 3.63) is 12.7 Å². The van der Waals surface area contributed by atoms with E-state index >= 15 is 0 Å². The van der Waals surface area contributed by atoms with Crippen molar-refractivity contribution in [2.75, 3.05) is 31.7 Å². The maximum absolute atomic E-state index is 12.3. The van der Waals surface area contributed by atoms with Crippen molar-refractivity contribution in [1.29, 1.82) is 0 Å². The molecule has 2 aromatic rings. The number of hydrogen-bond donors (Lipinski definition) is 1. The van der Waals surface area contributed by atoms with Crippen molar-refractivity contribution in [2.24, 2.45) is 0 Å². The number of nitrogen functional groups attached to an aromatic ring is 1. The van der Waals surface area contributed by atoms with E-state index in [1.165, 1.54) is 17.4 Å². The fourth-order valence-corrected chi connectivity index (χ4v) is 3.54. The molecule has 0 aromatic carbocycles. The van der Waals surface area contributed by atoms with Crippen molar-refractivity contribution in [1.82, 2.24) is 19.7 Å². The summed E-state index contributed by atoms with van der Waals surface area (Å²) in [5, 5.41) is 0. The van der Waals surface area contributed by atoms with Crippen molar-refractivity contribution < 1.29 is 18.5 Å². The Morgan fingerprint density at radius 3 is 2.64 bits per heavy atom. The van der Waals surface area contributed by atoms with E-state index in [2.05, 4.69) is 15.0 Å². The fraction of sp³-hybridized carbons (Fsp3) is 0.583. The first-order valence-electron chi connectivity index (χ1n) is 7.04. The van der Waals surface area contributed by atoms with Crippen molar-refractivity contribution in [3.63, 3.8) is 0 Å². The van der Waals surface area contributed by atoms with Gasteiger partial charge in [-0.15, -0.1) is 0 Å². The molecule has 0 amide bonds. The molecule has 0 aliphatic heterocycles. The SMILES string of the molecule is CCOP(=O)(CCCOn1cnc2c(N)ncnc21)OCC. The monoisotopic (exact) mass is 329 g/mol. The predicted octanol–water partition coefficient (Wildman–Crippen LogP) is 1.49. The Morgan fingerprint density at radius 2 is 1.95 bits per heavy atom. The van der Waals surface area contributed by atoms with Crippen LogP contribution in [0.1, 0.15) is 20.3 Å². The standard InChI is InChI=1S/C12H20N5O4P/c1-3-20-22(18,21-4-2)7-5-6-19-17-9-16-10-11(13)14-8-15-12(10)17/h8-9H,3-7H2,1-2H3,(H2,13,14,15). The van der Waals surface area contributed by atoms with Crippen molar-refractivity contribution in [3.8, 4) is 0 Å². The number of fused-ring (bicyclic) bond motifs is 1. The zero-order valence-corrected chi connectivity index (χ0v) is 13.5. The molecule has 0 aliphatic carbocycles. The normalized spacial score (nSPS) is 11.9. The zero-order chi connectivity index (χ0) is 16.0. The lowest BCUT2D eigenvalue weighted by molar-refractivity contribution is 0.116. The molecule has 2 heterocycles. The summed E-state index contributed by atoms with van der Waals surface area (Å²) in [7, 11) is -3.03. The summed E-state index contributed by atoms with van der Waals surface area (Å²) in [6.45, 7) is 4.58. The lowest BCUT2D eigenvalue weighted by Gasteiger charge is -2.16. The Kier molecular flexibility index (Phi) is 5.70. The van der Waals surface area contributed by atoms with Gasteiger partial charge in [-0.3, -0.25) is 4.57 Å². The van der Waals surface area contributed by atoms with Crippen molar-refractivity contribution in [2.45, 2.75) is 20.3 Å². The topological polar surface area (TPSA) is 114 Å². The van der Waals surface area contributed by atoms with Gasteiger partial charge in [0.25, 0.3) is 0 Å². The maximum Gasteiger partial charge on any atom is 0.330 e. The predicted molar refractivity (Wildman–Crippen MR) is 81.5 cm³/mol. The van der Waals surface area contributed by atoms with Gasteiger partial charge < -0.3 is 19.6 Å². The van der Waals surface area contributed by atoms with Gasteiger partial charge >= 0.3 is 7.60 Å². The lowest BCUT2D eigenvalue weighted by atomic mass is 10.5. The Bertz CT molecular complexity index is 652. The van der Waals surface area contributed by atoms with Crippen LogP contribution in [0.15, 0.2) is 12.7 Å². The van der Waals surface area contributed by atoms with Crippen LogP contribution in [0.2, 0.25) is 0 Å². The Labute approximate surface area is 128 Å². The molecule has 0 fully saturated rings. The highest BCUT2D eigenvalue weighted by atomic mass is 31.2. The van der Waals surface area contributed by atoms with Crippen LogP contribution in [0.25, 0.3) is 11.2 Å². The van der Waals surface area contributed by atoms with E-state index in [0.29, 0.717) is 49.4 Å². The quantitative estimate of drug-likeness (QED) is 0.543. The third-order valence-corrected chi connectivity index (χ3v) is 4.96.